The number of rotatable bonds is 14. The molecule has 0 aromatic heterocycles. The van der Waals surface area contributed by atoms with Crippen molar-refractivity contribution in [3.05, 3.63) is 85.4 Å². The first-order chi connectivity index (χ1) is 14.6. The molecule has 0 aliphatic rings. The van der Waals surface area contributed by atoms with E-state index in [2.05, 4.69) is 53.7 Å². The fraction of sp³-hybridized carbons (Fsp3) is 0.444. The second-order valence-corrected chi connectivity index (χ2v) is 7.21. The van der Waals surface area contributed by atoms with Crippen molar-refractivity contribution < 1.29 is 19.0 Å². The van der Waals surface area contributed by atoms with Crippen LogP contribution in [0.1, 0.15) is 40.5 Å². The van der Waals surface area contributed by atoms with Crippen LogP contribution in [-0.2, 0) is 19.0 Å². The van der Waals surface area contributed by atoms with Crippen molar-refractivity contribution in [3.8, 4) is 0 Å². The van der Waals surface area contributed by atoms with Gasteiger partial charge in [-0.25, -0.2) is 0 Å². The first-order valence-electron chi connectivity index (χ1n) is 10.3. The fourth-order valence-corrected chi connectivity index (χ4v) is 2.06. The van der Waals surface area contributed by atoms with E-state index in [1.54, 1.807) is 26.4 Å². The Balaban J connectivity index is -0.00000143. The predicted molar refractivity (Wildman–Crippen MR) is 135 cm³/mol. The van der Waals surface area contributed by atoms with Crippen LogP contribution in [0.2, 0.25) is 0 Å². The summed E-state index contributed by atoms with van der Waals surface area (Å²) >= 11 is 0. The van der Waals surface area contributed by atoms with E-state index in [1.807, 2.05) is 25.9 Å². The normalized spacial score (nSPS) is 11.4. The molecule has 0 saturated carbocycles. The monoisotopic (exact) mass is 432 g/mol. The lowest BCUT2D eigenvalue weighted by Crippen LogP contribution is -2.05. The molecule has 0 N–H and O–H groups in total. The van der Waals surface area contributed by atoms with Gasteiger partial charge in [0.2, 0.25) is 0 Å². The Hall–Kier alpha value is -2.59. The molecule has 0 radical (unpaired) electrons. The molecule has 0 rings (SSSR count). The number of methoxy groups -OCH3 is 2. The third-order valence-electron chi connectivity index (χ3n) is 4.09. The van der Waals surface area contributed by atoms with Crippen molar-refractivity contribution in [1.82, 2.24) is 0 Å². The van der Waals surface area contributed by atoms with Gasteiger partial charge in [0.05, 0.1) is 13.7 Å². The minimum atomic E-state index is 0.411. The van der Waals surface area contributed by atoms with Crippen LogP contribution in [0.5, 0.6) is 0 Å². The van der Waals surface area contributed by atoms with E-state index < -0.39 is 0 Å². The number of carbonyl (C=O) groups is 1. The Morgan fingerprint density at radius 1 is 0.935 bits per heavy atom. The zero-order valence-electron chi connectivity index (χ0n) is 20.7. The number of hydrogen-bond acceptors (Lipinski definition) is 4. The third-order valence-corrected chi connectivity index (χ3v) is 4.09. The molecule has 0 fully saturated rings. The van der Waals surface area contributed by atoms with Crippen molar-refractivity contribution >= 4 is 6.79 Å². The quantitative estimate of drug-likeness (QED) is 0.128. The molecule has 4 nitrogen and oxygen atoms in total. The Morgan fingerprint density at radius 2 is 1.48 bits per heavy atom. The van der Waals surface area contributed by atoms with Gasteiger partial charge in [-0.3, -0.25) is 0 Å². The minimum absolute atomic E-state index is 0.411. The molecule has 0 amide bonds. The molecule has 0 bridgehead atoms. The van der Waals surface area contributed by atoms with E-state index >= 15 is 0 Å². The first kappa shape index (κ1) is 33.1. The van der Waals surface area contributed by atoms with Crippen molar-refractivity contribution in [2.24, 2.45) is 11.8 Å². The maximum atomic E-state index is 8.00. The van der Waals surface area contributed by atoms with E-state index in [9.17, 15) is 0 Å². The van der Waals surface area contributed by atoms with Crippen LogP contribution in [-0.4, -0.2) is 34.2 Å². The van der Waals surface area contributed by atoms with Crippen molar-refractivity contribution in [1.29, 1.82) is 0 Å². The second-order valence-electron chi connectivity index (χ2n) is 7.21. The standard InChI is InChI=1S/C23H36O3.C3H6.CH2O/c1-17(2)10-11-18(3)19(4)12-13-20(5)22(7)23(16-21(6)25-9)26-15-14-24-8;1-3-2;1-2/h12-13,16-18H,4-7,10-11,14-15H2,1-3,8-9H3;3H,1H2,2H3;1H2/b13-12-,23-16+;;. The van der Waals surface area contributed by atoms with Gasteiger partial charge in [0.1, 0.15) is 24.9 Å². The lowest BCUT2D eigenvalue weighted by Gasteiger charge is -2.15. The first-order valence-corrected chi connectivity index (χ1v) is 10.3. The molecule has 0 aliphatic heterocycles. The summed E-state index contributed by atoms with van der Waals surface area (Å²) in [6.07, 6.45) is 9.72. The summed E-state index contributed by atoms with van der Waals surface area (Å²) in [5, 5.41) is 0. The van der Waals surface area contributed by atoms with Crippen LogP contribution in [0.25, 0.3) is 0 Å². The summed E-state index contributed by atoms with van der Waals surface area (Å²) in [6, 6.07) is 0. The molecular formula is C27H44O4. The molecule has 1 unspecified atom stereocenters. The summed E-state index contributed by atoms with van der Waals surface area (Å²) in [5.74, 6) is 2.20. The molecule has 4 heteroatoms. The molecule has 0 spiro atoms. The maximum absolute atomic E-state index is 8.00. The maximum Gasteiger partial charge on any atom is 0.130 e. The molecule has 0 heterocycles. The molecule has 0 saturated heterocycles. The number of carbonyl (C=O) groups excluding carboxylic acids is 1. The Labute approximate surface area is 191 Å². The molecule has 0 aromatic rings. The van der Waals surface area contributed by atoms with Crippen LogP contribution < -0.4 is 0 Å². The summed E-state index contributed by atoms with van der Waals surface area (Å²) in [7, 11) is 3.19. The van der Waals surface area contributed by atoms with Crippen molar-refractivity contribution in [2.75, 3.05) is 27.4 Å². The van der Waals surface area contributed by atoms with E-state index in [-0.39, 0.29) is 0 Å². The summed E-state index contributed by atoms with van der Waals surface area (Å²) in [5.41, 5.74) is 2.53. The minimum Gasteiger partial charge on any atom is -0.497 e. The van der Waals surface area contributed by atoms with E-state index in [1.165, 1.54) is 6.42 Å². The smallest absolute Gasteiger partial charge is 0.130 e. The Morgan fingerprint density at radius 3 is 1.94 bits per heavy atom. The highest BCUT2D eigenvalue weighted by atomic mass is 16.5. The topological polar surface area (TPSA) is 44.8 Å². The van der Waals surface area contributed by atoms with Gasteiger partial charge in [0.15, 0.2) is 0 Å². The highest BCUT2D eigenvalue weighted by Crippen LogP contribution is 2.23. The Bertz CT molecular complexity index is 609. The fourth-order valence-electron chi connectivity index (χ4n) is 2.06. The summed E-state index contributed by atoms with van der Waals surface area (Å²) in [4.78, 5) is 8.00. The third kappa shape index (κ3) is 19.1. The zero-order chi connectivity index (χ0) is 24.8. The predicted octanol–water partition coefficient (Wildman–Crippen LogP) is 7.00. The van der Waals surface area contributed by atoms with Gasteiger partial charge in [-0.2, -0.15) is 0 Å². The van der Waals surface area contributed by atoms with Gasteiger partial charge >= 0.3 is 0 Å². The van der Waals surface area contributed by atoms with Crippen LogP contribution in [0.15, 0.2) is 85.4 Å². The van der Waals surface area contributed by atoms with Crippen LogP contribution >= 0.6 is 0 Å². The largest absolute Gasteiger partial charge is 0.497 e. The number of allylic oxidation sites excluding steroid dienone is 6. The summed E-state index contributed by atoms with van der Waals surface area (Å²) in [6.45, 7) is 31.0. The Kier molecular flexibility index (Phi) is 23.6. The molecule has 31 heavy (non-hydrogen) atoms. The molecular weight excluding hydrogens is 388 g/mol. The van der Waals surface area contributed by atoms with Crippen LogP contribution in [0.4, 0.5) is 0 Å². The van der Waals surface area contributed by atoms with Crippen molar-refractivity contribution in [3.63, 3.8) is 0 Å². The number of hydrogen-bond donors (Lipinski definition) is 0. The van der Waals surface area contributed by atoms with Crippen LogP contribution in [0, 0.1) is 11.8 Å². The molecule has 0 aromatic carbocycles. The average Bonchev–Trinajstić information content (AvgIpc) is 2.76. The van der Waals surface area contributed by atoms with Gasteiger partial charge in [-0.15, -0.1) is 6.58 Å². The molecule has 176 valence electrons. The average molecular weight is 433 g/mol. The lowest BCUT2D eigenvalue weighted by atomic mass is 9.93. The van der Waals surface area contributed by atoms with Gasteiger partial charge in [0, 0.05) is 18.8 Å². The number of ether oxygens (including phenoxy) is 3. The SMILES string of the molecule is C=C(/C=C(/OCCOC)C(=C)C(=C)/C=C\C(=C)C(C)CCC(C)C)OC.C=CC.C=O. The van der Waals surface area contributed by atoms with Gasteiger partial charge in [0.25, 0.3) is 0 Å². The van der Waals surface area contributed by atoms with Gasteiger partial charge in [-0.05, 0) is 30.8 Å². The van der Waals surface area contributed by atoms with E-state index in [0.717, 1.165) is 17.6 Å². The van der Waals surface area contributed by atoms with Crippen molar-refractivity contribution in [2.45, 2.75) is 40.5 Å². The van der Waals surface area contributed by atoms with Gasteiger partial charge < -0.3 is 19.0 Å². The van der Waals surface area contributed by atoms with Crippen LogP contribution in [0.3, 0.4) is 0 Å². The van der Waals surface area contributed by atoms with E-state index in [0.29, 0.717) is 42.1 Å². The molecule has 0 aliphatic carbocycles. The highest BCUT2D eigenvalue weighted by Gasteiger charge is 2.09. The zero-order valence-corrected chi connectivity index (χ0v) is 20.7. The lowest BCUT2D eigenvalue weighted by molar-refractivity contribution is -0.0979. The summed E-state index contributed by atoms with van der Waals surface area (Å²) < 4.78 is 15.9. The molecule has 1 atom stereocenters. The highest BCUT2D eigenvalue weighted by molar-refractivity contribution is 5.48. The van der Waals surface area contributed by atoms with E-state index in [4.69, 9.17) is 19.0 Å². The van der Waals surface area contributed by atoms with Gasteiger partial charge in [-0.1, -0.05) is 77.3 Å². The second kappa shape index (κ2) is 22.1.